The average Bonchev–Trinajstić information content (AvgIpc) is 3.28. The first kappa shape index (κ1) is 13.8. The van der Waals surface area contributed by atoms with Crippen LogP contribution in [0.4, 0.5) is 0 Å². The van der Waals surface area contributed by atoms with Gasteiger partial charge >= 0.3 is 0 Å². The summed E-state index contributed by atoms with van der Waals surface area (Å²) in [6, 6.07) is 19.6. The molecule has 1 fully saturated rings. The molecule has 3 N–H and O–H groups in total. The summed E-state index contributed by atoms with van der Waals surface area (Å²) in [5, 5.41) is 0. The van der Waals surface area contributed by atoms with E-state index in [0.29, 0.717) is 17.9 Å². The summed E-state index contributed by atoms with van der Waals surface area (Å²) in [6.45, 7) is 0. The first-order valence-corrected chi connectivity index (χ1v) is 7.83. The van der Waals surface area contributed by atoms with Gasteiger partial charge in [0.15, 0.2) is 0 Å². The first-order valence-electron chi connectivity index (χ1n) is 7.03. The molecule has 0 spiro atoms. The Hall–Kier alpha value is -1.16. The largest absolute Gasteiger partial charge is 0.271 e. The summed E-state index contributed by atoms with van der Waals surface area (Å²) < 4.78 is 1.12. The molecule has 2 aromatic rings. The Bertz CT molecular complexity index is 553. The lowest BCUT2D eigenvalue weighted by Gasteiger charge is -2.16. The predicted octanol–water partition coefficient (Wildman–Crippen LogP) is 3.63. The van der Waals surface area contributed by atoms with Crippen molar-refractivity contribution in [2.45, 2.75) is 24.8 Å². The van der Waals surface area contributed by atoms with E-state index in [0.717, 1.165) is 10.9 Å². The van der Waals surface area contributed by atoms with Gasteiger partial charge in [-0.1, -0.05) is 58.4 Å². The molecular weight excluding hydrogens is 312 g/mol. The minimum absolute atomic E-state index is 0.349. The van der Waals surface area contributed by atoms with Crippen LogP contribution in [0.2, 0.25) is 0 Å². The van der Waals surface area contributed by atoms with E-state index in [9.17, 15) is 0 Å². The van der Waals surface area contributed by atoms with Gasteiger partial charge in [0.1, 0.15) is 0 Å². The van der Waals surface area contributed by atoms with Crippen molar-refractivity contribution >= 4 is 15.9 Å². The highest BCUT2D eigenvalue weighted by molar-refractivity contribution is 9.10. The molecule has 0 heterocycles. The van der Waals surface area contributed by atoms with Gasteiger partial charge in [0.25, 0.3) is 0 Å². The van der Waals surface area contributed by atoms with Crippen molar-refractivity contribution in [3.63, 3.8) is 0 Å². The maximum absolute atomic E-state index is 5.77. The van der Waals surface area contributed by atoms with E-state index < -0.39 is 0 Å². The Balaban J connectivity index is 1.65. The van der Waals surface area contributed by atoms with Crippen LogP contribution in [0.15, 0.2) is 59.1 Å². The molecule has 0 amide bonds. The van der Waals surface area contributed by atoms with E-state index in [1.807, 2.05) is 0 Å². The van der Waals surface area contributed by atoms with Crippen molar-refractivity contribution in [3.05, 3.63) is 70.2 Å². The smallest absolute Gasteiger partial charge is 0.0285 e. The molecule has 3 atom stereocenters. The Morgan fingerprint density at radius 1 is 1.10 bits per heavy atom. The van der Waals surface area contributed by atoms with Crippen LogP contribution in [0.5, 0.6) is 0 Å². The fourth-order valence-electron chi connectivity index (χ4n) is 2.95. The molecule has 104 valence electrons. The number of halogens is 1. The number of hydrogen-bond acceptors (Lipinski definition) is 2. The van der Waals surface area contributed by atoms with Gasteiger partial charge < -0.3 is 0 Å². The normalized spacial score (nSPS) is 22.5. The summed E-state index contributed by atoms with van der Waals surface area (Å²) in [4.78, 5) is 0. The highest BCUT2D eigenvalue weighted by atomic mass is 79.9. The van der Waals surface area contributed by atoms with Gasteiger partial charge in [0, 0.05) is 10.5 Å². The second-order valence-electron chi connectivity index (χ2n) is 5.52. The number of rotatable bonds is 5. The lowest BCUT2D eigenvalue weighted by atomic mass is 9.99. The van der Waals surface area contributed by atoms with Crippen LogP contribution >= 0.6 is 15.9 Å². The lowest BCUT2D eigenvalue weighted by molar-refractivity contribution is 0.464. The summed E-state index contributed by atoms with van der Waals surface area (Å²) in [7, 11) is 0. The number of hydrogen-bond donors (Lipinski definition) is 2. The van der Waals surface area contributed by atoms with Crippen molar-refractivity contribution in [2.24, 2.45) is 11.8 Å². The van der Waals surface area contributed by atoms with Gasteiger partial charge in [-0.3, -0.25) is 11.3 Å². The van der Waals surface area contributed by atoms with Crippen LogP contribution in [-0.2, 0) is 6.42 Å². The summed E-state index contributed by atoms with van der Waals surface area (Å²) in [5.74, 6) is 7.08. The average molecular weight is 331 g/mol. The van der Waals surface area contributed by atoms with E-state index >= 15 is 0 Å². The molecule has 0 bridgehead atoms. The predicted molar refractivity (Wildman–Crippen MR) is 86.2 cm³/mol. The molecule has 0 aromatic heterocycles. The highest BCUT2D eigenvalue weighted by Gasteiger charge is 2.43. The van der Waals surface area contributed by atoms with Gasteiger partial charge in [0.2, 0.25) is 0 Å². The third-order valence-corrected chi connectivity index (χ3v) is 4.70. The quantitative estimate of drug-likeness (QED) is 0.649. The topological polar surface area (TPSA) is 38.0 Å². The zero-order valence-corrected chi connectivity index (χ0v) is 12.9. The molecule has 0 aliphatic heterocycles. The van der Waals surface area contributed by atoms with Crippen LogP contribution < -0.4 is 11.3 Å². The van der Waals surface area contributed by atoms with E-state index in [4.69, 9.17) is 5.84 Å². The van der Waals surface area contributed by atoms with Crippen molar-refractivity contribution in [3.8, 4) is 0 Å². The summed E-state index contributed by atoms with van der Waals surface area (Å²) in [5.41, 5.74) is 5.78. The Kier molecular flexibility index (Phi) is 4.20. The van der Waals surface area contributed by atoms with Gasteiger partial charge in [0.05, 0.1) is 0 Å². The molecule has 1 aliphatic carbocycles. The zero-order valence-electron chi connectivity index (χ0n) is 11.3. The van der Waals surface area contributed by atoms with Gasteiger partial charge in [-0.15, -0.1) is 0 Å². The third-order valence-electron chi connectivity index (χ3n) is 4.17. The maximum Gasteiger partial charge on any atom is 0.0285 e. The van der Waals surface area contributed by atoms with E-state index in [1.165, 1.54) is 17.5 Å². The Labute approximate surface area is 128 Å². The first-order chi connectivity index (χ1) is 9.78. The zero-order chi connectivity index (χ0) is 13.9. The maximum atomic E-state index is 5.77. The molecule has 20 heavy (non-hydrogen) atoms. The van der Waals surface area contributed by atoms with Crippen LogP contribution in [0, 0.1) is 5.92 Å². The number of hydrazine groups is 1. The summed E-state index contributed by atoms with van der Waals surface area (Å²) >= 11 is 3.47. The minimum atomic E-state index is 0.349. The van der Waals surface area contributed by atoms with Crippen molar-refractivity contribution in [2.75, 3.05) is 0 Å². The van der Waals surface area contributed by atoms with E-state index in [2.05, 4.69) is 76.0 Å². The standard InChI is InChI=1S/C17H19BrN2/c18-14-8-6-12(7-9-14)10-17(20-19)16-11-15(16)13-4-2-1-3-5-13/h1-9,15-17,20H,10-11,19H2. The third kappa shape index (κ3) is 3.11. The molecule has 3 heteroatoms. The van der Waals surface area contributed by atoms with Crippen LogP contribution in [0.25, 0.3) is 0 Å². The number of nitrogens with one attached hydrogen (secondary N) is 1. The highest BCUT2D eigenvalue weighted by Crippen LogP contribution is 2.49. The molecule has 2 nitrogen and oxygen atoms in total. The minimum Gasteiger partial charge on any atom is -0.271 e. The fraction of sp³-hybridized carbons (Fsp3) is 0.294. The molecule has 2 aromatic carbocycles. The Morgan fingerprint density at radius 3 is 2.45 bits per heavy atom. The monoisotopic (exact) mass is 330 g/mol. The molecule has 3 unspecified atom stereocenters. The SMILES string of the molecule is NNC(Cc1ccc(Br)cc1)C1CC1c1ccccc1. The molecule has 0 saturated heterocycles. The van der Waals surface area contributed by atoms with Crippen molar-refractivity contribution in [1.29, 1.82) is 0 Å². The number of nitrogens with two attached hydrogens (primary N) is 1. The second kappa shape index (κ2) is 6.08. The molecule has 0 radical (unpaired) electrons. The van der Waals surface area contributed by atoms with E-state index in [1.54, 1.807) is 0 Å². The van der Waals surface area contributed by atoms with Crippen molar-refractivity contribution in [1.82, 2.24) is 5.43 Å². The number of benzene rings is 2. The Morgan fingerprint density at radius 2 is 1.80 bits per heavy atom. The molecular formula is C17H19BrN2. The van der Waals surface area contributed by atoms with E-state index in [-0.39, 0.29) is 0 Å². The molecule has 1 saturated carbocycles. The van der Waals surface area contributed by atoms with Gasteiger partial charge in [-0.2, -0.15) is 0 Å². The van der Waals surface area contributed by atoms with Crippen LogP contribution in [0.1, 0.15) is 23.5 Å². The second-order valence-corrected chi connectivity index (χ2v) is 6.44. The van der Waals surface area contributed by atoms with Crippen LogP contribution in [-0.4, -0.2) is 6.04 Å². The molecule has 3 rings (SSSR count). The molecule has 1 aliphatic rings. The summed E-state index contributed by atoms with van der Waals surface area (Å²) in [6.07, 6.45) is 2.22. The van der Waals surface area contributed by atoms with Crippen molar-refractivity contribution < 1.29 is 0 Å². The van der Waals surface area contributed by atoms with Gasteiger partial charge in [-0.25, -0.2) is 0 Å². The van der Waals surface area contributed by atoms with Gasteiger partial charge in [-0.05, 0) is 47.9 Å². The fourth-order valence-corrected chi connectivity index (χ4v) is 3.22. The lowest BCUT2D eigenvalue weighted by Crippen LogP contribution is -2.38. The van der Waals surface area contributed by atoms with Crippen LogP contribution in [0.3, 0.4) is 0 Å².